The van der Waals surface area contributed by atoms with Crippen LogP contribution in [0.2, 0.25) is 0 Å². The first-order valence-corrected chi connectivity index (χ1v) is 10.8. The Balaban J connectivity index is 1.71. The summed E-state index contributed by atoms with van der Waals surface area (Å²) in [6, 6.07) is 7.22. The van der Waals surface area contributed by atoms with E-state index >= 15 is 4.39 Å². The first kappa shape index (κ1) is 19.9. The molecule has 3 aromatic rings. The third-order valence-corrected chi connectivity index (χ3v) is 6.04. The van der Waals surface area contributed by atoms with Crippen molar-refractivity contribution in [3.8, 4) is 0 Å². The Morgan fingerprint density at radius 1 is 1.29 bits per heavy atom. The van der Waals surface area contributed by atoms with Gasteiger partial charge in [0.2, 0.25) is 0 Å². The van der Waals surface area contributed by atoms with Crippen LogP contribution in [0.4, 0.5) is 4.39 Å². The van der Waals surface area contributed by atoms with Crippen LogP contribution in [0.25, 0.3) is 5.78 Å². The van der Waals surface area contributed by atoms with Crippen LogP contribution in [0.1, 0.15) is 34.1 Å². The molecule has 1 aliphatic heterocycles. The number of nitrogens with zero attached hydrogens (tertiary/aromatic N) is 5. The number of hydrogen-bond acceptors (Lipinski definition) is 4. The highest BCUT2D eigenvalue weighted by atomic mass is 79.9. The van der Waals surface area contributed by atoms with Crippen molar-refractivity contribution in [1.82, 2.24) is 24.5 Å². The van der Waals surface area contributed by atoms with Gasteiger partial charge in [0, 0.05) is 32.7 Å². The van der Waals surface area contributed by atoms with Crippen molar-refractivity contribution in [2.75, 3.05) is 13.1 Å². The number of benzene rings is 1. The predicted octanol–water partition coefficient (Wildman–Crippen LogP) is 4.13. The summed E-state index contributed by atoms with van der Waals surface area (Å²) in [7, 11) is 2.27. The number of alkyl halides is 1. The number of hydrogen-bond donors (Lipinski definition) is 0. The molecule has 2 unspecified atom stereocenters. The molecule has 1 saturated heterocycles. The molecule has 3 heterocycles. The Kier molecular flexibility index (Phi) is 5.27. The summed E-state index contributed by atoms with van der Waals surface area (Å²) in [5.74, 6) is 0.0288. The second-order valence-corrected chi connectivity index (χ2v) is 9.94. The third-order valence-electron chi connectivity index (χ3n) is 4.70. The van der Waals surface area contributed by atoms with Crippen LogP contribution in [-0.4, -0.2) is 48.9 Å². The lowest BCUT2D eigenvalue weighted by atomic mass is 9.92. The highest BCUT2D eigenvalue weighted by Crippen LogP contribution is 2.40. The lowest BCUT2D eigenvalue weighted by Gasteiger charge is -2.40. The zero-order valence-corrected chi connectivity index (χ0v) is 19.3. The van der Waals surface area contributed by atoms with E-state index in [0.29, 0.717) is 17.9 Å². The van der Waals surface area contributed by atoms with E-state index in [0.717, 1.165) is 20.3 Å². The fourth-order valence-electron chi connectivity index (χ4n) is 3.65. The Morgan fingerprint density at radius 3 is 2.71 bits per heavy atom. The maximum absolute atomic E-state index is 15.2. The van der Waals surface area contributed by atoms with E-state index in [4.69, 9.17) is 0 Å². The topological polar surface area (TPSA) is 63.4 Å². The third kappa shape index (κ3) is 3.98. The molecule has 3 atom stereocenters. The summed E-state index contributed by atoms with van der Waals surface area (Å²) < 4.78 is 18.4. The zero-order chi connectivity index (χ0) is 20.1. The molecule has 1 amide bonds. The molecule has 0 spiro atoms. The van der Waals surface area contributed by atoms with Crippen molar-refractivity contribution >= 4 is 52.8 Å². The van der Waals surface area contributed by atoms with Gasteiger partial charge < -0.3 is 4.90 Å². The summed E-state index contributed by atoms with van der Waals surface area (Å²) in [6.45, 7) is 2.27. The number of likely N-dealkylation sites (tertiary alicyclic amines) is 1. The Morgan fingerprint density at radius 2 is 2.00 bits per heavy atom. The molecule has 1 fully saturated rings. The number of halogens is 3. The van der Waals surface area contributed by atoms with Crippen molar-refractivity contribution in [2.45, 2.75) is 24.7 Å². The van der Waals surface area contributed by atoms with E-state index in [1.54, 1.807) is 21.5 Å². The molecule has 1 aromatic carbocycles. The Bertz CT molecular complexity index is 1050. The number of aromatic nitrogens is 4. The van der Waals surface area contributed by atoms with Crippen LogP contribution in [-0.2, 0) is 0 Å². The molecular formula is C18H17Br2FN5OP. The summed E-state index contributed by atoms with van der Waals surface area (Å²) in [5.41, 5.74) is 2.08. The first-order valence-electron chi connectivity index (χ1n) is 8.62. The molecule has 1 aliphatic rings. The molecule has 0 aliphatic carbocycles. The van der Waals surface area contributed by atoms with Crippen molar-refractivity contribution in [3.05, 3.63) is 56.5 Å². The van der Waals surface area contributed by atoms with E-state index in [2.05, 4.69) is 56.2 Å². The molecular weight excluding hydrogens is 512 g/mol. The highest BCUT2D eigenvalue weighted by Gasteiger charge is 2.40. The highest BCUT2D eigenvalue weighted by molar-refractivity contribution is 9.11. The SMILES string of the molecule is Cc1cc([C@H]2CN(C(=O)c3cc(Br)cc(Br)c3)CC(F)(P)C2)n2ncnc2n1. The number of amides is 1. The van der Waals surface area contributed by atoms with Crippen LogP contribution in [0.3, 0.4) is 0 Å². The summed E-state index contributed by atoms with van der Waals surface area (Å²) in [6.07, 6.45) is 1.70. The van der Waals surface area contributed by atoms with Gasteiger partial charge in [-0.3, -0.25) is 4.79 Å². The van der Waals surface area contributed by atoms with Gasteiger partial charge in [-0.25, -0.2) is 13.9 Å². The van der Waals surface area contributed by atoms with E-state index in [9.17, 15) is 4.79 Å². The molecule has 10 heteroatoms. The Hall–Kier alpha value is -1.44. The fraction of sp³-hybridized carbons (Fsp3) is 0.333. The number of rotatable bonds is 2. The lowest BCUT2D eigenvalue weighted by molar-refractivity contribution is 0.0543. The van der Waals surface area contributed by atoms with Crippen LogP contribution in [0, 0.1) is 6.92 Å². The van der Waals surface area contributed by atoms with Gasteiger partial charge in [-0.15, -0.1) is 0 Å². The second kappa shape index (κ2) is 7.43. The average Bonchev–Trinajstić information content (AvgIpc) is 3.06. The molecule has 0 saturated carbocycles. The Labute approximate surface area is 180 Å². The molecule has 0 N–H and O–H groups in total. The smallest absolute Gasteiger partial charge is 0.254 e. The van der Waals surface area contributed by atoms with Gasteiger partial charge in [0.05, 0.1) is 12.2 Å². The minimum absolute atomic E-state index is 0.0156. The molecule has 4 rings (SSSR count). The van der Waals surface area contributed by atoms with Gasteiger partial charge >= 0.3 is 0 Å². The average molecular weight is 529 g/mol. The maximum Gasteiger partial charge on any atom is 0.254 e. The number of piperidine rings is 1. The standard InChI is InChI=1S/C18H17Br2FN5OP/c1-10-2-15(26-17(24-10)22-9-23-26)12-6-18(21,28)8-25(7-12)16(27)11-3-13(19)5-14(20)4-11/h2-5,9,12H,6-8,28H2,1H3/t12-,18?/m1/s1. The van der Waals surface area contributed by atoms with Crippen molar-refractivity contribution in [3.63, 3.8) is 0 Å². The first-order chi connectivity index (χ1) is 13.2. The number of carbonyl (C=O) groups is 1. The second-order valence-electron chi connectivity index (χ2n) is 7.07. The monoisotopic (exact) mass is 527 g/mol. The van der Waals surface area contributed by atoms with E-state index in [1.165, 1.54) is 6.33 Å². The van der Waals surface area contributed by atoms with Gasteiger partial charge in [-0.2, -0.15) is 10.1 Å². The minimum atomic E-state index is -1.59. The van der Waals surface area contributed by atoms with Gasteiger partial charge in [0.15, 0.2) is 0 Å². The molecule has 146 valence electrons. The van der Waals surface area contributed by atoms with Gasteiger partial charge in [-0.1, -0.05) is 41.1 Å². The largest absolute Gasteiger partial charge is 0.334 e. The normalized spacial score (nSPS) is 22.6. The van der Waals surface area contributed by atoms with E-state index < -0.39 is 5.41 Å². The summed E-state index contributed by atoms with van der Waals surface area (Å²) >= 11 is 6.81. The summed E-state index contributed by atoms with van der Waals surface area (Å²) in [4.78, 5) is 23.2. The van der Waals surface area contributed by atoms with Gasteiger partial charge in [0.1, 0.15) is 11.7 Å². The van der Waals surface area contributed by atoms with Crippen LogP contribution in [0.15, 0.2) is 39.5 Å². The van der Waals surface area contributed by atoms with Crippen LogP contribution < -0.4 is 0 Å². The molecule has 28 heavy (non-hydrogen) atoms. The predicted molar refractivity (Wildman–Crippen MR) is 114 cm³/mol. The number of carbonyl (C=O) groups excluding carboxylic acids is 1. The number of fused-ring (bicyclic) bond motifs is 1. The maximum atomic E-state index is 15.2. The van der Waals surface area contributed by atoms with Crippen molar-refractivity contribution in [1.29, 1.82) is 0 Å². The molecule has 2 aromatic heterocycles. The van der Waals surface area contributed by atoms with Gasteiger partial charge in [0.25, 0.3) is 11.7 Å². The quantitative estimate of drug-likeness (QED) is 0.469. The van der Waals surface area contributed by atoms with E-state index in [1.807, 2.05) is 19.1 Å². The molecule has 0 bridgehead atoms. The zero-order valence-electron chi connectivity index (χ0n) is 14.9. The van der Waals surface area contributed by atoms with Crippen molar-refractivity contribution in [2.24, 2.45) is 0 Å². The van der Waals surface area contributed by atoms with Crippen LogP contribution in [0.5, 0.6) is 0 Å². The molecule has 6 nitrogen and oxygen atoms in total. The van der Waals surface area contributed by atoms with Crippen molar-refractivity contribution < 1.29 is 9.18 Å². The fourth-order valence-corrected chi connectivity index (χ4v) is 5.45. The van der Waals surface area contributed by atoms with Crippen LogP contribution >= 0.6 is 41.1 Å². The molecule has 0 radical (unpaired) electrons. The van der Waals surface area contributed by atoms with E-state index in [-0.39, 0.29) is 24.8 Å². The van der Waals surface area contributed by atoms with Gasteiger partial charge in [-0.05, 0) is 37.6 Å². The number of aryl methyl sites for hydroxylation is 1. The summed E-state index contributed by atoms with van der Waals surface area (Å²) in [5, 5.41) is 2.64. The lowest BCUT2D eigenvalue weighted by Crippen LogP contribution is -2.48. The minimum Gasteiger partial charge on any atom is -0.334 e.